The van der Waals surface area contributed by atoms with Crippen LogP contribution in [0, 0.1) is 0 Å². The number of hydrogen-bond donors (Lipinski definition) is 0. The first-order valence-corrected chi connectivity index (χ1v) is 6.91. The van der Waals surface area contributed by atoms with Gasteiger partial charge in [-0.15, -0.1) is 0 Å². The van der Waals surface area contributed by atoms with Crippen LogP contribution in [0.15, 0.2) is 42.7 Å². The molecule has 1 aliphatic rings. The predicted octanol–water partition coefficient (Wildman–Crippen LogP) is 1.11. The van der Waals surface area contributed by atoms with Crippen LogP contribution in [0.2, 0.25) is 0 Å². The second-order valence-electron chi connectivity index (χ2n) is 4.73. The summed E-state index contributed by atoms with van der Waals surface area (Å²) in [5.74, 6) is 0.668. The van der Waals surface area contributed by atoms with Crippen molar-refractivity contribution in [3.05, 3.63) is 42.7 Å². The molecule has 21 heavy (non-hydrogen) atoms. The Bertz CT molecular complexity index is 575. The Labute approximate surface area is 122 Å². The number of carbonyl (C=O) groups is 1. The highest BCUT2D eigenvalue weighted by Crippen LogP contribution is 2.14. The molecule has 6 heteroatoms. The Morgan fingerprint density at radius 2 is 2.00 bits per heavy atom. The van der Waals surface area contributed by atoms with E-state index in [9.17, 15) is 4.79 Å². The van der Waals surface area contributed by atoms with Crippen LogP contribution in [-0.4, -0.2) is 53.5 Å². The van der Waals surface area contributed by atoms with Gasteiger partial charge in [-0.05, 0) is 30.3 Å². The molecule has 0 atom stereocenters. The fourth-order valence-electron chi connectivity index (χ4n) is 2.17. The molecule has 2 aromatic rings. The third kappa shape index (κ3) is 3.41. The highest BCUT2D eigenvalue weighted by Gasteiger charge is 2.16. The molecular formula is C15H17N3O3. The molecule has 1 saturated heterocycles. The number of hydrogen-bond acceptors (Lipinski definition) is 4. The van der Waals surface area contributed by atoms with Crippen LogP contribution in [0.3, 0.4) is 0 Å². The van der Waals surface area contributed by atoms with Crippen molar-refractivity contribution in [2.45, 2.75) is 0 Å². The molecule has 2 heterocycles. The second-order valence-corrected chi connectivity index (χ2v) is 4.73. The van der Waals surface area contributed by atoms with Crippen LogP contribution >= 0.6 is 0 Å². The lowest BCUT2D eigenvalue weighted by Gasteiger charge is -2.26. The van der Waals surface area contributed by atoms with Crippen LogP contribution in [-0.2, 0) is 9.53 Å². The Kier molecular flexibility index (Phi) is 4.16. The molecule has 0 aliphatic carbocycles. The number of rotatable bonds is 4. The number of nitrogens with zero attached hydrogens (tertiary/aromatic N) is 3. The van der Waals surface area contributed by atoms with Gasteiger partial charge in [0.05, 0.1) is 18.9 Å². The molecule has 1 aromatic heterocycles. The molecule has 0 unspecified atom stereocenters. The van der Waals surface area contributed by atoms with E-state index in [4.69, 9.17) is 9.47 Å². The Hall–Kier alpha value is -2.34. The minimum absolute atomic E-state index is 0.00514. The maximum atomic E-state index is 12.0. The highest BCUT2D eigenvalue weighted by atomic mass is 16.5. The lowest BCUT2D eigenvalue weighted by atomic mass is 10.3. The van der Waals surface area contributed by atoms with Crippen molar-refractivity contribution in [2.75, 3.05) is 32.9 Å². The fraction of sp³-hybridized carbons (Fsp3) is 0.333. The first-order valence-electron chi connectivity index (χ1n) is 6.91. The zero-order chi connectivity index (χ0) is 14.5. The molecule has 0 N–H and O–H groups in total. The van der Waals surface area contributed by atoms with Gasteiger partial charge in [-0.1, -0.05) is 0 Å². The summed E-state index contributed by atoms with van der Waals surface area (Å²) in [6, 6.07) is 9.35. The average Bonchev–Trinajstić information content (AvgIpc) is 3.08. The van der Waals surface area contributed by atoms with E-state index in [0.29, 0.717) is 32.1 Å². The third-order valence-corrected chi connectivity index (χ3v) is 3.33. The van der Waals surface area contributed by atoms with E-state index in [1.807, 2.05) is 36.5 Å². The Morgan fingerprint density at radius 1 is 1.24 bits per heavy atom. The minimum atomic E-state index is -0.00514. The summed E-state index contributed by atoms with van der Waals surface area (Å²) < 4.78 is 12.5. The number of amides is 1. The van der Waals surface area contributed by atoms with Gasteiger partial charge < -0.3 is 14.4 Å². The van der Waals surface area contributed by atoms with Crippen molar-refractivity contribution < 1.29 is 14.3 Å². The molecule has 1 amide bonds. The highest BCUT2D eigenvalue weighted by molar-refractivity contribution is 5.77. The summed E-state index contributed by atoms with van der Waals surface area (Å²) in [6.45, 7) is 2.54. The maximum absolute atomic E-state index is 12.0. The van der Waals surface area contributed by atoms with Gasteiger partial charge in [-0.25, -0.2) is 4.68 Å². The molecule has 0 bridgehead atoms. The van der Waals surface area contributed by atoms with E-state index in [-0.39, 0.29) is 12.5 Å². The maximum Gasteiger partial charge on any atom is 0.260 e. The second kappa shape index (κ2) is 6.41. The summed E-state index contributed by atoms with van der Waals surface area (Å²) in [6.07, 6.45) is 3.60. The number of aromatic nitrogens is 2. The zero-order valence-corrected chi connectivity index (χ0v) is 11.6. The van der Waals surface area contributed by atoms with Crippen molar-refractivity contribution in [1.82, 2.24) is 14.7 Å². The fourth-order valence-corrected chi connectivity index (χ4v) is 2.17. The summed E-state index contributed by atoms with van der Waals surface area (Å²) in [7, 11) is 0. The van der Waals surface area contributed by atoms with Gasteiger partial charge in [-0.2, -0.15) is 5.10 Å². The molecular weight excluding hydrogens is 270 g/mol. The minimum Gasteiger partial charge on any atom is -0.484 e. The smallest absolute Gasteiger partial charge is 0.260 e. The van der Waals surface area contributed by atoms with E-state index in [1.165, 1.54) is 0 Å². The zero-order valence-electron chi connectivity index (χ0n) is 11.6. The van der Waals surface area contributed by atoms with Gasteiger partial charge in [0, 0.05) is 25.5 Å². The van der Waals surface area contributed by atoms with Crippen molar-refractivity contribution in [3.63, 3.8) is 0 Å². The Balaban J connectivity index is 1.54. The molecule has 3 rings (SSSR count). The van der Waals surface area contributed by atoms with Crippen LogP contribution in [0.1, 0.15) is 0 Å². The van der Waals surface area contributed by atoms with E-state index < -0.39 is 0 Å². The Morgan fingerprint density at radius 3 is 2.67 bits per heavy atom. The summed E-state index contributed by atoms with van der Waals surface area (Å²) in [5.41, 5.74) is 0.951. The van der Waals surface area contributed by atoms with Crippen LogP contribution in [0.5, 0.6) is 5.75 Å². The molecule has 0 radical (unpaired) electrons. The molecule has 6 nitrogen and oxygen atoms in total. The molecule has 1 aliphatic heterocycles. The third-order valence-electron chi connectivity index (χ3n) is 3.33. The summed E-state index contributed by atoms with van der Waals surface area (Å²) in [5, 5.41) is 4.15. The van der Waals surface area contributed by atoms with Crippen LogP contribution in [0.25, 0.3) is 5.69 Å². The van der Waals surface area contributed by atoms with Gasteiger partial charge >= 0.3 is 0 Å². The van der Waals surface area contributed by atoms with E-state index in [1.54, 1.807) is 15.8 Å². The summed E-state index contributed by atoms with van der Waals surface area (Å²) >= 11 is 0. The van der Waals surface area contributed by atoms with Gasteiger partial charge in [0.1, 0.15) is 5.75 Å². The average molecular weight is 287 g/mol. The normalized spacial score (nSPS) is 15.0. The number of benzene rings is 1. The quantitative estimate of drug-likeness (QED) is 0.845. The van der Waals surface area contributed by atoms with E-state index >= 15 is 0 Å². The lowest BCUT2D eigenvalue weighted by Crippen LogP contribution is -2.42. The summed E-state index contributed by atoms with van der Waals surface area (Å²) in [4.78, 5) is 13.7. The number of morpholine rings is 1. The molecule has 0 saturated carbocycles. The van der Waals surface area contributed by atoms with Crippen molar-refractivity contribution >= 4 is 5.91 Å². The first kappa shape index (κ1) is 13.6. The number of carbonyl (C=O) groups excluding carboxylic acids is 1. The largest absolute Gasteiger partial charge is 0.484 e. The van der Waals surface area contributed by atoms with Crippen molar-refractivity contribution in [1.29, 1.82) is 0 Å². The SMILES string of the molecule is O=C(COc1ccc(-n2cccn2)cc1)N1CCOCC1. The van der Waals surface area contributed by atoms with E-state index in [0.717, 1.165) is 5.69 Å². The van der Waals surface area contributed by atoms with Gasteiger partial charge in [0.25, 0.3) is 5.91 Å². The van der Waals surface area contributed by atoms with Gasteiger partial charge in [0.15, 0.2) is 6.61 Å². The van der Waals surface area contributed by atoms with Crippen molar-refractivity contribution in [2.24, 2.45) is 0 Å². The molecule has 1 fully saturated rings. The molecule has 0 spiro atoms. The van der Waals surface area contributed by atoms with Crippen LogP contribution < -0.4 is 4.74 Å². The van der Waals surface area contributed by atoms with E-state index in [2.05, 4.69) is 5.10 Å². The van der Waals surface area contributed by atoms with Crippen LogP contribution in [0.4, 0.5) is 0 Å². The first-order chi connectivity index (χ1) is 10.3. The lowest BCUT2D eigenvalue weighted by molar-refractivity contribution is -0.137. The standard InChI is InChI=1S/C15H17N3O3/c19-15(17-8-10-20-11-9-17)12-21-14-4-2-13(3-5-14)18-7-1-6-16-18/h1-7H,8-12H2. The molecule has 110 valence electrons. The van der Waals surface area contributed by atoms with Gasteiger partial charge in [-0.3, -0.25) is 4.79 Å². The molecule has 1 aromatic carbocycles. The topological polar surface area (TPSA) is 56.6 Å². The van der Waals surface area contributed by atoms with Gasteiger partial charge in [0.2, 0.25) is 0 Å². The number of ether oxygens (including phenoxy) is 2. The van der Waals surface area contributed by atoms with Crippen molar-refractivity contribution in [3.8, 4) is 11.4 Å². The monoisotopic (exact) mass is 287 g/mol. The predicted molar refractivity (Wildman–Crippen MR) is 76.5 cm³/mol.